The van der Waals surface area contributed by atoms with E-state index in [1.54, 1.807) is 0 Å². The highest BCUT2D eigenvalue weighted by Crippen LogP contribution is 2.33. The van der Waals surface area contributed by atoms with E-state index < -0.39 is 36.3 Å². The van der Waals surface area contributed by atoms with Gasteiger partial charge in [0, 0.05) is 40.7 Å². The molecule has 0 N–H and O–H groups in total. The minimum absolute atomic E-state index is 0.00822. The fourth-order valence-corrected chi connectivity index (χ4v) is 4.48. The first-order chi connectivity index (χ1) is 14.8. The van der Waals surface area contributed by atoms with Crippen LogP contribution < -0.4 is 0 Å². The van der Waals surface area contributed by atoms with E-state index in [4.69, 9.17) is 0 Å². The van der Waals surface area contributed by atoms with Crippen molar-refractivity contribution in [3.63, 3.8) is 0 Å². The molecule has 170 valence electrons. The van der Waals surface area contributed by atoms with E-state index in [2.05, 4.69) is 24.5 Å². The Bertz CT molecular complexity index is 1590. The largest absolute Gasteiger partial charge is 0.417 e. The van der Waals surface area contributed by atoms with E-state index in [1.165, 1.54) is 31.7 Å². The highest BCUT2D eigenvalue weighted by molar-refractivity contribution is 7.92. The molecule has 0 fully saturated rings. The number of hydrogen-bond donors (Lipinski definition) is 0. The van der Waals surface area contributed by atoms with E-state index in [0.717, 1.165) is 27.4 Å². The number of rotatable bonds is 4. The molecule has 10 nitrogen and oxygen atoms in total. The van der Waals surface area contributed by atoms with Crippen molar-refractivity contribution in [2.75, 3.05) is 18.3 Å². The van der Waals surface area contributed by atoms with Gasteiger partial charge in [-0.15, -0.1) is 5.10 Å². The third-order valence-electron chi connectivity index (χ3n) is 4.34. The summed E-state index contributed by atoms with van der Waals surface area (Å²) in [6.07, 6.45) is 0.283. The third-order valence-corrected chi connectivity index (χ3v) is 6.60. The normalized spacial score (nSPS) is 13.2. The third kappa shape index (κ3) is 3.92. The maximum absolute atomic E-state index is 13.1. The van der Waals surface area contributed by atoms with E-state index in [-0.39, 0.29) is 34.3 Å². The Labute approximate surface area is 180 Å². The Morgan fingerprint density at radius 3 is 2.44 bits per heavy atom. The number of sulfone groups is 1. The molecule has 0 spiro atoms. The second-order valence-corrected chi connectivity index (χ2v) is 11.8. The molecule has 15 heteroatoms. The van der Waals surface area contributed by atoms with Crippen molar-refractivity contribution < 1.29 is 25.8 Å². The highest BCUT2D eigenvalue weighted by Gasteiger charge is 2.32. The lowest BCUT2D eigenvalue weighted by Crippen LogP contribution is -2.07. The average molecular weight is 487 g/mol. The fourth-order valence-electron chi connectivity index (χ4n) is 2.91. The number of hydrogen-bond acceptors (Lipinski definition) is 8. The molecule has 0 bridgehead atoms. The second-order valence-electron chi connectivity index (χ2n) is 7.05. The first-order valence-electron chi connectivity index (χ1n) is 9.02. The fraction of sp³-hybridized carbons (Fsp3) is 0.294. The summed E-state index contributed by atoms with van der Waals surface area (Å²) in [5.41, 5.74) is -0.950. The summed E-state index contributed by atoms with van der Waals surface area (Å²) in [6.45, 7) is 1.42. The molecule has 0 radical (unpaired) electrons. The zero-order chi connectivity index (χ0) is 23.5. The van der Waals surface area contributed by atoms with Crippen LogP contribution in [0.1, 0.15) is 12.5 Å². The zero-order valence-electron chi connectivity index (χ0n) is 16.9. The highest BCUT2D eigenvalue weighted by atomic mass is 32.2. The molecule has 4 heterocycles. The lowest BCUT2D eigenvalue weighted by Gasteiger charge is -2.05. The van der Waals surface area contributed by atoms with Crippen molar-refractivity contribution >= 4 is 36.7 Å². The van der Waals surface area contributed by atoms with Crippen LogP contribution in [0.5, 0.6) is 0 Å². The minimum atomic E-state index is -4.59. The van der Waals surface area contributed by atoms with Gasteiger partial charge >= 0.3 is 6.18 Å². The Balaban J connectivity index is 2.06. The molecular formula is C17H16F3N7O3S2. The van der Waals surface area contributed by atoms with Gasteiger partial charge in [-0.3, -0.25) is 0 Å². The molecule has 0 saturated heterocycles. The van der Waals surface area contributed by atoms with Crippen molar-refractivity contribution in [2.45, 2.75) is 18.1 Å². The van der Waals surface area contributed by atoms with Gasteiger partial charge in [0.2, 0.25) is 0 Å². The summed E-state index contributed by atoms with van der Waals surface area (Å²) in [5, 5.41) is 7.77. The van der Waals surface area contributed by atoms with E-state index >= 15 is 0 Å². The molecule has 0 aromatic carbocycles. The topological polar surface area (TPSA) is 124 Å². The summed E-state index contributed by atoms with van der Waals surface area (Å²) < 4.78 is 82.9. The van der Waals surface area contributed by atoms with Gasteiger partial charge in [0.15, 0.2) is 37.8 Å². The lowest BCUT2D eigenvalue weighted by atomic mass is 10.3. The summed E-state index contributed by atoms with van der Waals surface area (Å²) in [7, 11) is -6.54. The maximum Gasteiger partial charge on any atom is 0.417 e. The lowest BCUT2D eigenvalue weighted by molar-refractivity contribution is -0.137. The van der Waals surface area contributed by atoms with Gasteiger partial charge in [-0.1, -0.05) is 6.92 Å². The molecule has 0 unspecified atom stereocenters. The average Bonchev–Trinajstić information content (AvgIpc) is 3.27. The maximum atomic E-state index is 13.1. The van der Waals surface area contributed by atoms with Crippen LogP contribution in [0.3, 0.4) is 0 Å². The van der Waals surface area contributed by atoms with Crippen molar-refractivity contribution in [3.05, 3.63) is 36.2 Å². The first kappa shape index (κ1) is 22.1. The Hall–Kier alpha value is -3.07. The molecule has 0 atom stereocenters. The van der Waals surface area contributed by atoms with Gasteiger partial charge in [0.25, 0.3) is 0 Å². The van der Waals surface area contributed by atoms with Crippen molar-refractivity contribution in [1.29, 1.82) is 0 Å². The molecule has 0 aliphatic rings. The first-order valence-corrected chi connectivity index (χ1v) is 13.0. The van der Waals surface area contributed by atoms with E-state index in [0.29, 0.717) is 0 Å². The molecule has 0 amide bonds. The van der Waals surface area contributed by atoms with Crippen LogP contribution in [-0.4, -0.2) is 60.1 Å². The van der Waals surface area contributed by atoms with Crippen molar-refractivity contribution in [3.8, 4) is 11.4 Å². The summed E-state index contributed by atoms with van der Waals surface area (Å²) in [4.78, 5) is 8.34. The Morgan fingerprint density at radius 2 is 1.81 bits per heavy atom. The van der Waals surface area contributed by atoms with Gasteiger partial charge in [0.1, 0.15) is 5.56 Å². The quantitative estimate of drug-likeness (QED) is 0.433. The van der Waals surface area contributed by atoms with Crippen LogP contribution in [-0.2, 0) is 25.7 Å². The molecule has 4 aromatic heterocycles. The SMILES string of the molecule is CCS(=O)(=O)c1nn2c(N=S(C)(C)=O)ccnc2c1-c1nc2ccc(C(F)(F)F)cn2n1. The van der Waals surface area contributed by atoms with Crippen LogP contribution in [0.15, 0.2) is 40.0 Å². The van der Waals surface area contributed by atoms with Gasteiger partial charge in [-0.25, -0.2) is 27.1 Å². The predicted octanol–water partition coefficient (Wildman–Crippen LogP) is 2.61. The van der Waals surface area contributed by atoms with Crippen LogP contribution in [0, 0.1) is 0 Å². The summed E-state index contributed by atoms with van der Waals surface area (Å²) in [6, 6.07) is 3.38. The minimum Gasteiger partial charge on any atom is -0.250 e. The standard InChI is InChI=1S/C17H16F3N7O3S2/c1-4-32(29,30)16-13(15-21-8-7-12(27(15)24-16)25-31(2,3)28)14-22-11-6-5-10(17(18,19)20)9-26(11)23-14/h5-9H,4H2,1-3H3. The number of pyridine rings is 1. The van der Waals surface area contributed by atoms with E-state index in [9.17, 15) is 25.8 Å². The molecule has 0 saturated carbocycles. The van der Waals surface area contributed by atoms with Gasteiger partial charge < -0.3 is 0 Å². The monoisotopic (exact) mass is 487 g/mol. The molecule has 32 heavy (non-hydrogen) atoms. The van der Waals surface area contributed by atoms with Crippen LogP contribution in [0.25, 0.3) is 22.7 Å². The molecule has 4 aromatic rings. The molecule has 0 aliphatic carbocycles. The molecular weight excluding hydrogens is 471 g/mol. The smallest absolute Gasteiger partial charge is 0.250 e. The summed E-state index contributed by atoms with van der Waals surface area (Å²) in [5.74, 6) is -0.392. The van der Waals surface area contributed by atoms with Crippen molar-refractivity contribution in [2.24, 2.45) is 4.36 Å². The Kier molecular flexibility index (Phi) is 5.00. The van der Waals surface area contributed by atoms with Gasteiger partial charge in [-0.2, -0.15) is 27.1 Å². The number of aromatic nitrogens is 6. The number of fused-ring (bicyclic) bond motifs is 2. The second kappa shape index (κ2) is 7.23. The van der Waals surface area contributed by atoms with Gasteiger partial charge in [-0.05, 0) is 12.1 Å². The zero-order valence-corrected chi connectivity index (χ0v) is 18.5. The van der Waals surface area contributed by atoms with Crippen molar-refractivity contribution in [1.82, 2.24) is 29.2 Å². The summed E-state index contributed by atoms with van der Waals surface area (Å²) >= 11 is 0. The van der Waals surface area contributed by atoms with Crippen LogP contribution in [0.4, 0.5) is 19.0 Å². The Morgan fingerprint density at radius 1 is 1.09 bits per heavy atom. The number of alkyl halides is 3. The predicted molar refractivity (Wildman–Crippen MR) is 110 cm³/mol. The number of nitrogens with zero attached hydrogens (tertiary/aromatic N) is 7. The molecule has 4 rings (SSSR count). The van der Waals surface area contributed by atoms with Crippen LogP contribution >= 0.6 is 0 Å². The van der Waals surface area contributed by atoms with E-state index in [1.807, 2.05) is 0 Å². The van der Waals surface area contributed by atoms with Crippen LogP contribution in [0.2, 0.25) is 0 Å². The van der Waals surface area contributed by atoms with Gasteiger partial charge in [0.05, 0.1) is 11.3 Å². The molecule has 0 aliphatic heterocycles. The number of halogens is 3.